The van der Waals surface area contributed by atoms with Crippen molar-refractivity contribution in [3.8, 4) is 0 Å². The number of para-hydroxylation sites is 1. The third-order valence-corrected chi connectivity index (χ3v) is 3.41. The predicted octanol–water partition coefficient (Wildman–Crippen LogP) is 4.15. The van der Waals surface area contributed by atoms with Gasteiger partial charge in [-0.2, -0.15) is 0 Å². The quantitative estimate of drug-likeness (QED) is 0.887. The lowest BCUT2D eigenvalue weighted by atomic mass is 10.1. The Hall–Kier alpha value is -1.68. The summed E-state index contributed by atoms with van der Waals surface area (Å²) in [5.41, 5.74) is 1.70. The Bertz CT molecular complexity index is 598. The van der Waals surface area contributed by atoms with Gasteiger partial charge < -0.3 is 5.32 Å². The predicted molar refractivity (Wildman–Crippen MR) is 73.2 cm³/mol. The fourth-order valence-electron chi connectivity index (χ4n) is 1.49. The van der Waals surface area contributed by atoms with Crippen molar-refractivity contribution in [3.05, 3.63) is 63.9 Å². The molecule has 0 aliphatic heterocycles. The van der Waals surface area contributed by atoms with Gasteiger partial charge in [0.2, 0.25) is 0 Å². The van der Waals surface area contributed by atoms with Crippen LogP contribution in [0.15, 0.2) is 46.9 Å². The number of benzene rings is 2. The van der Waals surface area contributed by atoms with Crippen molar-refractivity contribution < 1.29 is 9.18 Å². The number of nitrogens with one attached hydrogen (secondary N) is 1. The molecule has 0 aliphatic rings. The highest BCUT2D eigenvalue weighted by atomic mass is 79.9. The maximum Gasteiger partial charge on any atom is 0.255 e. The third-order valence-electron chi connectivity index (χ3n) is 2.56. The summed E-state index contributed by atoms with van der Waals surface area (Å²) in [6, 6.07) is 11.3. The summed E-state index contributed by atoms with van der Waals surface area (Å²) >= 11 is 3.36. The summed E-state index contributed by atoms with van der Waals surface area (Å²) in [5.74, 6) is -0.780. The van der Waals surface area contributed by atoms with E-state index in [2.05, 4.69) is 21.2 Å². The van der Waals surface area contributed by atoms with Crippen LogP contribution in [0.1, 0.15) is 15.9 Å². The first kappa shape index (κ1) is 12.8. The first-order valence-electron chi connectivity index (χ1n) is 5.40. The molecule has 4 heteroatoms. The Kier molecular flexibility index (Phi) is 3.77. The van der Waals surface area contributed by atoms with Crippen LogP contribution in [-0.2, 0) is 0 Å². The molecule has 2 nitrogen and oxygen atoms in total. The largest absolute Gasteiger partial charge is 0.319 e. The van der Waals surface area contributed by atoms with Crippen molar-refractivity contribution in [2.24, 2.45) is 0 Å². The van der Waals surface area contributed by atoms with Crippen molar-refractivity contribution in [1.29, 1.82) is 0 Å². The van der Waals surface area contributed by atoms with E-state index < -0.39 is 5.82 Å². The van der Waals surface area contributed by atoms with E-state index in [1.165, 1.54) is 12.1 Å². The highest BCUT2D eigenvalue weighted by Crippen LogP contribution is 2.19. The molecular formula is C14H11BrFNO. The standard InChI is InChI=1S/C14H11BrFNO/c1-9-6-7-10(8-11(9)15)14(18)17-13-5-3-2-4-12(13)16/h2-8H,1H3,(H,17,18). The average molecular weight is 308 g/mol. The summed E-state index contributed by atoms with van der Waals surface area (Å²) in [6.45, 7) is 1.93. The Morgan fingerprint density at radius 2 is 1.94 bits per heavy atom. The molecule has 2 aromatic carbocycles. The van der Waals surface area contributed by atoms with Crippen LogP contribution in [0.5, 0.6) is 0 Å². The zero-order chi connectivity index (χ0) is 13.1. The van der Waals surface area contributed by atoms with Crippen LogP contribution in [0.4, 0.5) is 10.1 Å². The lowest BCUT2D eigenvalue weighted by Gasteiger charge is -2.07. The Morgan fingerprint density at radius 1 is 1.22 bits per heavy atom. The van der Waals surface area contributed by atoms with E-state index in [9.17, 15) is 9.18 Å². The molecule has 18 heavy (non-hydrogen) atoms. The number of carbonyl (C=O) groups is 1. The molecular weight excluding hydrogens is 297 g/mol. The summed E-state index contributed by atoms with van der Waals surface area (Å²) in [6.07, 6.45) is 0. The number of aryl methyl sites for hydroxylation is 1. The number of carbonyl (C=O) groups excluding carboxylic acids is 1. The van der Waals surface area contributed by atoms with Gasteiger partial charge in [0.1, 0.15) is 5.82 Å². The molecule has 92 valence electrons. The second-order valence-corrected chi connectivity index (χ2v) is 4.75. The number of halogens is 2. The van der Waals surface area contributed by atoms with E-state index in [1.807, 2.05) is 13.0 Å². The molecule has 0 saturated heterocycles. The topological polar surface area (TPSA) is 29.1 Å². The van der Waals surface area contributed by atoms with E-state index in [0.717, 1.165) is 10.0 Å². The van der Waals surface area contributed by atoms with Gasteiger partial charge in [0, 0.05) is 10.0 Å². The van der Waals surface area contributed by atoms with Crippen LogP contribution in [0.25, 0.3) is 0 Å². The van der Waals surface area contributed by atoms with Gasteiger partial charge in [0.15, 0.2) is 0 Å². The SMILES string of the molecule is Cc1ccc(C(=O)Nc2ccccc2F)cc1Br. The zero-order valence-corrected chi connectivity index (χ0v) is 11.3. The molecule has 0 radical (unpaired) electrons. The van der Waals surface area contributed by atoms with Gasteiger partial charge in [-0.15, -0.1) is 0 Å². The normalized spacial score (nSPS) is 10.2. The van der Waals surface area contributed by atoms with Crippen molar-refractivity contribution in [3.63, 3.8) is 0 Å². The minimum atomic E-state index is -0.447. The summed E-state index contributed by atoms with van der Waals surface area (Å²) < 4.78 is 14.2. The van der Waals surface area contributed by atoms with Crippen molar-refractivity contribution >= 4 is 27.5 Å². The maximum atomic E-state index is 13.4. The molecule has 0 aromatic heterocycles. The molecule has 0 aliphatic carbocycles. The minimum absolute atomic E-state index is 0.180. The second kappa shape index (κ2) is 5.31. The van der Waals surface area contributed by atoms with Gasteiger partial charge in [-0.3, -0.25) is 4.79 Å². The van der Waals surface area contributed by atoms with Crippen LogP contribution in [0, 0.1) is 12.7 Å². The first-order chi connectivity index (χ1) is 8.58. The third kappa shape index (κ3) is 2.76. The molecule has 0 atom stereocenters. The van der Waals surface area contributed by atoms with E-state index in [0.29, 0.717) is 5.56 Å². The van der Waals surface area contributed by atoms with Crippen LogP contribution in [0.2, 0.25) is 0 Å². The zero-order valence-electron chi connectivity index (χ0n) is 9.71. The van der Waals surface area contributed by atoms with E-state index in [-0.39, 0.29) is 11.6 Å². The average Bonchev–Trinajstić information content (AvgIpc) is 2.35. The second-order valence-electron chi connectivity index (χ2n) is 3.90. The monoisotopic (exact) mass is 307 g/mol. The lowest BCUT2D eigenvalue weighted by Crippen LogP contribution is -2.13. The Morgan fingerprint density at radius 3 is 2.61 bits per heavy atom. The molecule has 2 aromatic rings. The summed E-state index contributed by atoms with van der Waals surface area (Å²) in [7, 11) is 0. The lowest BCUT2D eigenvalue weighted by molar-refractivity contribution is 0.102. The number of rotatable bonds is 2. The van der Waals surface area contributed by atoms with Gasteiger partial charge in [0.05, 0.1) is 5.69 Å². The Labute approximate surface area is 113 Å². The highest BCUT2D eigenvalue weighted by Gasteiger charge is 2.09. The molecule has 0 unspecified atom stereocenters. The van der Waals surface area contributed by atoms with Crippen LogP contribution in [0.3, 0.4) is 0 Å². The fourth-order valence-corrected chi connectivity index (χ4v) is 1.87. The molecule has 0 heterocycles. The van der Waals surface area contributed by atoms with Crippen LogP contribution < -0.4 is 5.32 Å². The minimum Gasteiger partial charge on any atom is -0.319 e. The number of amides is 1. The fraction of sp³-hybridized carbons (Fsp3) is 0.0714. The van der Waals surface area contributed by atoms with Crippen LogP contribution in [-0.4, -0.2) is 5.91 Å². The molecule has 2 rings (SSSR count). The van der Waals surface area contributed by atoms with Crippen LogP contribution >= 0.6 is 15.9 Å². The van der Waals surface area contributed by atoms with Crippen molar-refractivity contribution in [1.82, 2.24) is 0 Å². The molecule has 1 N–H and O–H groups in total. The molecule has 0 saturated carbocycles. The van der Waals surface area contributed by atoms with Gasteiger partial charge in [-0.1, -0.05) is 34.1 Å². The van der Waals surface area contributed by atoms with Gasteiger partial charge >= 0.3 is 0 Å². The van der Waals surface area contributed by atoms with E-state index in [1.54, 1.807) is 24.3 Å². The van der Waals surface area contributed by atoms with Crippen molar-refractivity contribution in [2.45, 2.75) is 6.92 Å². The van der Waals surface area contributed by atoms with Gasteiger partial charge in [0.25, 0.3) is 5.91 Å². The Balaban J connectivity index is 2.22. The maximum absolute atomic E-state index is 13.4. The van der Waals surface area contributed by atoms with Gasteiger partial charge in [-0.25, -0.2) is 4.39 Å². The molecule has 1 amide bonds. The number of anilines is 1. The van der Waals surface area contributed by atoms with E-state index >= 15 is 0 Å². The van der Waals surface area contributed by atoms with E-state index in [4.69, 9.17) is 0 Å². The molecule has 0 bridgehead atoms. The smallest absolute Gasteiger partial charge is 0.255 e. The molecule has 0 spiro atoms. The summed E-state index contributed by atoms with van der Waals surface area (Å²) in [5, 5.41) is 2.54. The summed E-state index contributed by atoms with van der Waals surface area (Å²) in [4.78, 5) is 11.9. The number of hydrogen-bond donors (Lipinski definition) is 1. The van der Waals surface area contributed by atoms with Crippen molar-refractivity contribution in [2.75, 3.05) is 5.32 Å². The highest BCUT2D eigenvalue weighted by molar-refractivity contribution is 9.10. The van der Waals surface area contributed by atoms with Gasteiger partial charge in [-0.05, 0) is 36.8 Å². The molecule has 0 fully saturated rings. The number of hydrogen-bond acceptors (Lipinski definition) is 1. The first-order valence-corrected chi connectivity index (χ1v) is 6.19.